The molecule has 2 aromatic rings. The Hall–Kier alpha value is -3.00. The second-order valence-electron chi connectivity index (χ2n) is 4.47. The molecule has 2 rings (SSSR count). The van der Waals surface area contributed by atoms with E-state index < -0.39 is 35.2 Å². The Morgan fingerprint density at radius 2 is 1.42 bits per heavy atom. The van der Waals surface area contributed by atoms with E-state index >= 15 is 0 Å². The van der Waals surface area contributed by atoms with Gasteiger partial charge in [0.25, 0.3) is 5.91 Å². The van der Waals surface area contributed by atoms with E-state index in [9.17, 15) is 23.2 Å². The zero-order valence-electron chi connectivity index (χ0n) is 11.9. The van der Waals surface area contributed by atoms with Crippen LogP contribution in [0.25, 0.3) is 0 Å². The van der Waals surface area contributed by atoms with Crippen molar-refractivity contribution in [3.8, 4) is 0 Å². The average molecular weight is 354 g/mol. The van der Waals surface area contributed by atoms with Gasteiger partial charge in [0.1, 0.15) is 17.2 Å². The highest BCUT2D eigenvalue weighted by atomic mass is 35.5. The third-order valence-corrected chi connectivity index (χ3v) is 3.00. The molecule has 0 bridgehead atoms. The summed E-state index contributed by atoms with van der Waals surface area (Å²) in [5.74, 6) is -3.58. The molecule has 9 heteroatoms. The SMILES string of the molecule is O=C(NC(=O)Nc1ccc(Cl)cc1)NC(=O)c1c(F)cccc1F. The molecule has 0 fully saturated rings. The Morgan fingerprint density at radius 1 is 0.833 bits per heavy atom. The molecule has 2 aromatic carbocycles. The summed E-state index contributed by atoms with van der Waals surface area (Å²) in [4.78, 5) is 34.8. The molecule has 0 aromatic heterocycles. The van der Waals surface area contributed by atoms with Crippen molar-refractivity contribution in [3.05, 3.63) is 64.7 Å². The number of rotatable bonds is 2. The Bertz CT molecular complexity index is 777. The Labute approximate surface area is 139 Å². The summed E-state index contributed by atoms with van der Waals surface area (Å²) in [7, 11) is 0. The van der Waals surface area contributed by atoms with E-state index in [-0.39, 0.29) is 0 Å². The van der Waals surface area contributed by atoms with Gasteiger partial charge in [0.05, 0.1) is 0 Å². The summed E-state index contributed by atoms with van der Waals surface area (Å²) in [5.41, 5.74) is -0.582. The van der Waals surface area contributed by atoms with E-state index in [1.807, 2.05) is 0 Å². The van der Waals surface area contributed by atoms with Crippen LogP contribution in [-0.4, -0.2) is 18.0 Å². The van der Waals surface area contributed by atoms with Crippen molar-refractivity contribution in [2.24, 2.45) is 0 Å². The fourth-order valence-corrected chi connectivity index (χ4v) is 1.84. The molecule has 0 heterocycles. The molecule has 0 aliphatic rings. The first kappa shape index (κ1) is 17.4. The van der Waals surface area contributed by atoms with Crippen LogP contribution in [0.3, 0.4) is 0 Å². The zero-order chi connectivity index (χ0) is 17.7. The first-order chi connectivity index (χ1) is 11.4. The summed E-state index contributed by atoms with van der Waals surface area (Å²) in [6, 6.07) is 6.61. The van der Waals surface area contributed by atoms with Crippen LogP contribution in [-0.2, 0) is 0 Å². The maximum absolute atomic E-state index is 13.4. The molecular weight excluding hydrogens is 344 g/mol. The number of nitrogens with one attached hydrogen (secondary N) is 3. The highest BCUT2D eigenvalue weighted by Gasteiger charge is 2.20. The molecule has 0 radical (unpaired) electrons. The lowest BCUT2D eigenvalue weighted by Crippen LogP contribution is -2.44. The number of hydrogen-bond donors (Lipinski definition) is 3. The van der Waals surface area contributed by atoms with Gasteiger partial charge in [0, 0.05) is 10.7 Å². The molecule has 0 spiro atoms. The Morgan fingerprint density at radius 3 is 2.00 bits per heavy atom. The smallest absolute Gasteiger partial charge is 0.308 e. The molecule has 6 nitrogen and oxygen atoms in total. The van der Waals surface area contributed by atoms with Gasteiger partial charge in [0.15, 0.2) is 0 Å². The molecule has 0 aliphatic heterocycles. The number of anilines is 1. The van der Waals surface area contributed by atoms with Crippen molar-refractivity contribution in [1.82, 2.24) is 10.6 Å². The van der Waals surface area contributed by atoms with Crippen molar-refractivity contribution in [3.63, 3.8) is 0 Å². The van der Waals surface area contributed by atoms with Crippen molar-refractivity contribution >= 4 is 35.3 Å². The Balaban J connectivity index is 1.94. The van der Waals surface area contributed by atoms with E-state index in [0.717, 1.165) is 18.2 Å². The van der Waals surface area contributed by atoms with E-state index in [4.69, 9.17) is 11.6 Å². The number of hydrogen-bond acceptors (Lipinski definition) is 3. The highest BCUT2D eigenvalue weighted by molar-refractivity contribution is 6.30. The number of imide groups is 2. The van der Waals surface area contributed by atoms with E-state index in [2.05, 4.69) is 5.32 Å². The maximum Gasteiger partial charge on any atom is 0.329 e. The molecule has 0 saturated carbocycles. The first-order valence-electron chi connectivity index (χ1n) is 6.49. The summed E-state index contributed by atoms with van der Waals surface area (Å²) in [5, 5.41) is 6.20. The van der Waals surface area contributed by atoms with Crippen LogP contribution in [0.2, 0.25) is 5.02 Å². The van der Waals surface area contributed by atoms with Crippen LogP contribution >= 0.6 is 11.6 Å². The van der Waals surface area contributed by atoms with Gasteiger partial charge in [0.2, 0.25) is 0 Å². The molecule has 124 valence electrons. The Kier molecular flexibility index (Phi) is 5.43. The standard InChI is InChI=1S/C15H10ClF2N3O3/c16-8-4-6-9(7-5-8)19-14(23)21-15(24)20-13(22)12-10(17)2-1-3-11(12)18/h1-7H,(H3,19,20,21,22,23,24). The molecule has 24 heavy (non-hydrogen) atoms. The van der Waals surface area contributed by atoms with Crippen LogP contribution in [0.1, 0.15) is 10.4 Å². The minimum Gasteiger partial charge on any atom is -0.308 e. The normalized spacial score (nSPS) is 9.96. The predicted octanol–water partition coefficient (Wildman–Crippen LogP) is 3.29. The van der Waals surface area contributed by atoms with Gasteiger partial charge in [-0.2, -0.15) is 0 Å². The van der Waals surface area contributed by atoms with Crippen LogP contribution in [0.15, 0.2) is 42.5 Å². The van der Waals surface area contributed by atoms with Crippen LogP contribution in [0.4, 0.5) is 24.1 Å². The van der Waals surface area contributed by atoms with Gasteiger partial charge in [-0.05, 0) is 36.4 Å². The minimum absolute atomic E-state index is 0.344. The van der Waals surface area contributed by atoms with Gasteiger partial charge in [-0.1, -0.05) is 17.7 Å². The zero-order valence-corrected chi connectivity index (χ0v) is 12.7. The van der Waals surface area contributed by atoms with Crippen LogP contribution in [0, 0.1) is 11.6 Å². The van der Waals surface area contributed by atoms with E-state index in [1.165, 1.54) is 24.3 Å². The summed E-state index contributed by atoms with van der Waals surface area (Å²) in [6.07, 6.45) is 0. The molecule has 0 unspecified atom stereocenters. The molecule has 5 amide bonds. The quantitative estimate of drug-likeness (QED) is 0.774. The van der Waals surface area contributed by atoms with Gasteiger partial charge in [-0.15, -0.1) is 0 Å². The molecule has 0 atom stereocenters. The number of urea groups is 2. The van der Waals surface area contributed by atoms with Gasteiger partial charge in [-0.3, -0.25) is 15.4 Å². The van der Waals surface area contributed by atoms with Gasteiger partial charge < -0.3 is 5.32 Å². The largest absolute Gasteiger partial charge is 0.329 e. The number of carbonyl (C=O) groups excluding carboxylic acids is 3. The second-order valence-corrected chi connectivity index (χ2v) is 4.90. The predicted molar refractivity (Wildman–Crippen MR) is 82.8 cm³/mol. The lowest BCUT2D eigenvalue weighted by atomic mass is 10.2. The number of carbonyl (C=O) groups is 3. The van der Waals surface area contributed by atoms with Gasteiger partial charge >= 0.3 is 12.1 Å². The number of benzene rings is 2. The lowest BCUT2D eigenvalue weighted by Gasteiger charge is -2.08. The molecule has 0 aliphatic carbocycles. The summed E-state index contributed by atoms with van der Waals surface area (Å²) >= 11 is 5.68. The maximum atomic E-state index is 13.4. The van der Waals surface area contributed by atoms with Crippen LogP contribution < -0.4 is 16.0 Å². The fourth-order valence-electron chi connectivity index (χ4n) is 1.71. The van der Waals surface area contributed by atoms with Crippen LogP contribution in [0.5, 0.6) is 0 Å². The fraction of sp³-hybridized carbons (Fsp3) is 0. The van der Waals surface area contributed by atoms with Gasteiger partial charge in [-0.25, -0.2) is 18.4 Å². The van der Waals surface area contributed by atoms with Crippen molar-refractivity contribution < 1.29 is 23.2 Å². The average Bonchev–Trinajstić information content (AvgIpc) is 2.49. The molecular formula is C15H10ClF2N3O3. The van der Waals surface area contributed by atoms with E-state index in [0.29, 0.717) is 10.7 Å². The van der Waals surface area contributed by atoms with Crippen molar-refractivity contribution in [1.29, 1.82) is 0 Å². The highest BCUT2D eigenvalue weighted by Crippen LogP contribution is 2.13. The van der Waals surface area contributed by atoms with E-state index in [1.54, 1.807) is 10.6 Å². The second kappa shape index (κ2) is 7.51. The molecule has 3 N–H and O–H groups in total. The number of halogens is 3. The van der Waals surface area contributed by atoms with Crippen molar-refractivity contribution in [2.75, 3.05) is 5.32 Å². The minimum atomic E-state index is -1.32. The monoisotopic (exact) mass is 353 g/mol. The first-order valence-corrected chi connectivity index (χ1v) is 6.87. The number of amides is 5. The molecule has 0 saturated heterocycles. The van der Waals surface area contributed by atoms with Crippen molar-refractivity contribution in [2.45, 2.75) is 0 Å². The third-order valence-electron chi connectivity index (χ3n) is 2.75. The topological polar surface area (TPSA) is 87.3 Å². The third kappa shape index (κ3) is 4.50. The summed E-state index contributed by atoms with van der Waals surface area (Å²) < 4.78 is 26.8. The lowest BCUT2D eigenvalue weighted by molar-refractivity contribution is 0.0956. The summed E-state index contributed by atoms with van der Waals surface area (Å²) in [6.45, 7) is 0.